The molecular weight excluding hydrogens is 308 g/mol. The molecule has 0 aromatic heterocycles. The molecule has 0 heterocycles. The lowest BCUT2D eigenvalue weighted by Crippen LogP contribution is -2.12. The van der Waals surface area contributed by atoms with E-state index in [1.54, 1.807) is 0 Å². The van der Waals surface area contributed by atoms with Gasteiger partial charge in [0, 0.05) is 0 Å². The summed E-state index contributed by atoms with van der Waals surface area (Å²) in [5, 5.41) is 0. The predicted octanol–water partition coefficient (Wildman–Crippen LogP) is 7.39. The van der Waals surface area contributed by atoms with Crippen molar-refractivity contribution in [2.45, 2.75) is 96.3 Å². The van der Waals surface area contributed by atoms with Crippen molar-refractivity contribution in [3.8, 4) is 0 Å². The highest BCUT2D eigenvalue weighted by Gasteiger charge is 2.15. The molecule has 136 valence electrons. The van der Waals surface area contributed by atoms with Crippen LogP contribution in [0.15, 0.2) is 0 Å². The zero-order chi connectivity index (χ0) is 16.7. The maximum atomic E-state index is 6.34. The molecule has 0 spiro atoms. The Kier molecular flexibility index (Phi) is 15.7. The first-order valence-corrected chi connectivity index (χ1v) is 13.3. The van der Waals surface area contributed by atoms with Crippen molar-refractivity contribution in [3.63, 3.8) is 0 Å². The maximum absolute atomic E-state index is 6.34. The second-order valence-corrected chi connectivity index (χ2v) is 12.0. The van der Waals surface area contributed by atoms with E-state index in [9.17, 15) is 0 Å². The summed E-state index contributed by atoms with van der Waals surface area (Å²) < 4.78 is 6.34. The molecule has 0 aromatic rings. The van der Waals surface area contributed by atoms with Crippen LogP contribution in [-0.4, -0.2) is 30.0 Å². The Labute approximate surface area is 147 Å². The van der Waals surface area contributed by atoms with Crippen LogP contribution < -0.4 is 0 Å². The van der Waals surface area contributed by atoms with Crippen molar-refractivity contribution >= 4 is 22.1 Å². The van der Waals surface area contributed by atoms with E-state index in [0.29, 0.717) is 5.44 Å². The van der Waals surface area contributed by atoms with E-state index < -0.39 is 10.3 Å². The molecular formula is C19H42OS2. The van der Waals surface area contributed by atoms with Gasteiger partial charge in [-0.1, -0.05) is 71.6 Å². The number of unbranched alkanes of at least 4 members (excludes halogenated alkanes) is 9. The Hall–Kier alpha value is 0.660. The number of hydrogen-bond acceptors (Lipinski definition) is 2. The lowest BCUT2D eigenvalue weighted by Gasteiger charge is -2.31. The van der Waals surface area contributed by atoms with Crippen molar-refractivity contribution < 1.29 is 4.18 Å². The van der Waals surface area contributed by atoms with E-state index in [0.717, 1.165) is 0 Å². The Morgan fingerprint density at radius 2 is 1.23 bits per heavy atom. The van der Waals surface area contributed by atoms with E-state index >= 15 is 0 Å². The summed E-state index contributed by atoms with van der Waals surface area (Å²) in [6.45, 7) is 4.57. The fourth-order valence-corrected chi connectivity index (χ4v) is 5.13. The summed E-state index contributed by atoms with van der Waals surface area (Å²) >= 11 is 2.07. The van der Waals surface area contributed by atoms with Gasteiger partial charge in [0.15, 0.2) is 0 Å². The van der Waals surface area contributed by atoms with Crippen LogP contribution in [0.5, 0.6) is 0 Å². The van der Waals surface area contributed by atoms with Crippen LogP contribution in [0.4, 0.5) is 0 Å². The van der Waals surface area contributed by atoms with E-state index in [1.807, 2.05) is 0 Å². The fraction of sp³-hybridized carbons (Fsp3) is 1.00. The van der Waals surface area contributed by atoms with Gasteiger partial charge in [0.2, 0.25) is 0 Å². The van der Waals surface area contributed by atoms with Gasteiger partial charge in [-0.05, 0) is 43.8 Å². The van der Waals surface area contributed by atoms with Crippen LogP contribution in [-0.2, 0) is 4.18 Å². The molecule has 0 aliphatic heterocycles. The molecule has 3 heteroatoms. The fourth-order valence-electron chi connectivity index (χ4n) is 2.49. The Morgan fingerprint density at radius 1 is 0.727 bits per heavy atom. The van der Waals surface area contributed by atoms with Crippen LogP contribution in [0.3, 0.4) is 0 Å². The van der Waals surface area contributed by atoms with Crippen molar-refractivity contribution in [2.24, 2.45) is 0 Å². The first-order chi connectivity index (χ1) is 10.5. The zero-order valence-corrected chi connectivity index (χ0v) is 17.6. The lowest BCUT2D eigenvalue weighted by molar-refractivity contribution is 0.308. The van der Waals surface area contributed by atoms with Crippen LogP contribution in [0, 0.1) is 0 Å². The predicted molar refractivity (Wildman–Crippen MR) is 109 cm³/mol. The van der Waals surface area contributed by atoms with Gasteiger partial charge in [-0.2, -0.15) is 0 Å². The van der Waals surface area contributed by atoms with Gasteiger partial charge in [-0.3, -0.25) is 0 Å². The molecule has 1 unspecified atom stereocenters. The third-order valence-corrected chi connectivity index (χ3v) is 5.90. The van der Waals surface area contributed by atoms with E-state index in [2.05, 4.69) is 44.4 Å². The number of thioether (sulfide) groups is 1. The summed E-state index contributed by atoms with van der Waals surface area (Å²) in [6.07, 6.45) is 23.2. The van der Waals surface area contributed by atoms with E-state index in [1.165, 1.54) is 82.8 Å². The normalized spacial score (nSPS) is 14.2. The second-order valence-electron chi connectivity index (χ2n) is 7.09. The van der Waals surface area contributed by atoms with Gasteiger partial charge in [-0.15, -0.1) is 22.1 Å². The summed E-state index contributed by atoms with van der Waals surface area (Å²) in [4.78, 5) is 0. The smallest absolute Gasteiger partial charge is 0.115 e. The highest BCUT2D eigenvalue weighted by Crippen LogP contribution is 2.41. The van der Waals surface area contributed by atoms with Gasteiger partial charge >= 0.3 is 0 Å². The second kappa shape index (κ2) is 15.2. The Bertz CT molecular complexity index is 226. The minimum Gasteiger partial charge on any atom is -0.323 e. The van der Waals surface area contributed by atoms with Crippen molar-refractivity contribution in [1.82, 2.24) is 0 Å². The van der Waals surface area contributed by atoms with Crippen molar-refractivity contribution in [1.29, 1.82) is 0 Å². The zero-order valence-electron chi connectivity index (χ0n) is 16.0. The monoisotopic (exact) mass is 350 g/mol. The van der Waals surface area contributed by atoms with Crippen LogP contribution in [0.25, 0.3) is 0 Å². The molecule has 0 rings (SSSR count). The maximum Gasteiger partial charge on any atom is 0.115 e. The minimum absolute atomic E-state index is 0.437. The van der Waals surface area contributed by atoms with Gasteiger partial charge < -0.3 is 4.18 Å². The standard InChI is InChI=1S/C19H42OS2/c1-6-8-10-12-14-16-18-21-19(20-22(3,4)5)17-15-13-11-9-7-2/h19H,6-18H2,1-5H3. The molecule has 0 fully saturated rings. The molecule has 1 nitrogen and oxygen atoms in total. The molecule has 0 aliphatic carbocycles. The average molecular weight is 351 g/mol. The molecule has 0 aromatic carbocycles. The van der Waals surface area contributed by atoms with Crippen molar-refractivity contribution in [2.75, 3.05) is 24.5 Å². The Morgan fingerprint density at radius 3 is 1.77 bits per heavy atom. The number of rotatable bonds is 16. The molecule has 0 saturated carbocycles. The topological polar surface area (TPSA) is 9.23 Å². The molecule has 0 bridgehead atoms. The highest BCUT2D eigenvalue weighted by atomic mass is 32.3. The third-order valence-electron chi connectivity index (χ3n) is 3.74. The van der Waals surface area contributed by atoms with Gasteiger partial charge in [0.05, 0.1) is 0 Å². The number of hydrogen-bond donors (Lipinski definition) is 0. The molecule has 0 amide bonds. The quantitative estimate of drug-likeness (QED) is 0.212. The average Bonchev–Trinajstić information content (AvgIpc) is 2.44. The molecule has 1 atom stereocenters. The summed E-state index contributed by atoms with van der Waals surface area (Å²) in [7, 11) is -0.846. The first kappa shape index (κ1) is 22.7. The molecule has 0 aliphatic rings. The first-order valence-electron chi connectivity index (χ1n) is 9.47. The summed E-state index contributed by atoms with van der Waals surface area (Å²) in [6, 6.07) is 0. The third kappa shape index (κ3) is 17.0. The van der Waals surface area contributed by atoms with Crippen LogP contribution in [0.1, 0.15) is 90.9 Å². The molecule has 0 N–H and O–H groups in total. The van der Waals surface area contributed by atoms with Gasteiger partial charge in [0.1, 0.15) is 5.44 Å². The van der Waals surface area contributed by atoms with E-state index in [4.69, 9.17) is 4.18 Å². The van der Waals surface area contributed by atoms with Crippen LogP contribution >= 0.6 is 22.1 Å². The van der Waals surface area contributed by atoms with Crippen LogP contribution in [0.2, 0.25) is 0 Å². The Balaban J connectivity index is 3.78. The molecule has 0 radical (unpaired) electrons. The van der Waals surface area contributed by atoms with Gasteiger partial charge in [0.25, 0.3) is 0 Å². The van der Waals surface area contributed by atoms with Crippen molar-refractivity contribution in [3.05, 3.63) is 0 Å². The van der Waals surface area contributed by atoms with Gasteiger partial charge in [-0.25, -0.2) is 0 Å². The summed E-state index contributed by atoms with van der Waals surface area (Å²) in [5.74, 6) is 1.28. The minimum atomic E-state index is -0.846. The highest BCUT2D eigenvalue weighted by molar-refractivity contribution is 8.28. The van der Waals surface area contributed by atoms with E-state index in [-0.39, 0.29) is 0 Å². The SMILES string of the molecule is CCCCCCCCSC(CCCCCCC)OS(C)(C)C. The molecule has 0 saturated heterocycles. The lowest BCUT2D eigenvalue weighted by atomic mass is 10.1. The summed E-state index contributed by atoms with van der Waals surface area (Å²) in [5.41, 5.74) is 0.437. The largest absolute Gasteiger partial charge is 0.323 e. The molecule has 22 heavy (non-hydrogen) atoms.